The molecule has 0 saturated carbocycles. The highest BCUT2D eigenvalue weighted by Crippen LogP contribution is 2.37. The minimum Gasteiger partial charge on any atom is -0.423 e. The van der Waals surface area contributed by atoms with E-state index in [1.165, 1.54) is 0 Å². The fraction of sp³-hybridized carbons (Fsp3) is 0.182. The van der Waals surface area contributed by atoms with Gasteiger partial charge in [0.25, 0.3) is 0 Å². The number of nitrogens with zero attached hydrogens (tertiary/aromatic N) is 3. The van der Waals surface area contributed by atoms with E-state index >= 15 is 0 Å². The summed E-state index contributed by atoms with van der Waals surface area (Å²) < 4.78 is 48.4. The summed E-state index contributed by atoms with van der Waals surface area (Å²) in [5, 5.41) is 17.8. The molecule has 0 aliphatic rings. The predicted molar refractivity (Wildman–Crippen MR) is 67.5 cm³/mol. The molecule has 0 aliphatic heterocycles. The summed E-state index contributed by atoms with van der Waals surface area (Å²) in [4.78, 5) is 3.83. The number of rotatable bonds is 3. The molecule has 0 spiro atoms. The average Bonchev–Trinajstić information content (AvgIpc) is 3.02. The van der Waals surface area contributed by atoms with Gasteiger partial charge in [-0.25, -0.2) is 0 Å². The van der Waals surface area contributed by atoms with Gasteiger partial charge < -0.3 is 13.9 Å². The molecule has 1 aromatic carbocycles. The number of aliphatic hydroxyl groups is 1. The van der Waals surface area contributed by atoms with E-state index in [0.29, 0.717) is 0 Å². The van der Waals surface area contributed by atoms with Crippen LogP contribution >= 0.6 is 11.6 Å². The molecule has 0 unspecified atom stereocenters. The highest BCUT2D eigenvalue weighted by Gasteiger charge is 2.34. The number of anilines is 2. The fourth-order valence-corrected chi connectivity index (χ4v) is 1.94. The van der Waals surface area contributed by atoms with Gasteiger partial charge in [-0.1, -0.05) is 16.7 Å². The van der Waals surface area contributed by atoms with Crippen molar-refractivity contribution in [2.75, 3.05) is 5.32 Å². The van der Waals surface area contributed by atoms with Gasteiger partial charge in [-0.15, -0.1) is 5.10 Å². The first kappa shape index (κ1) is 14.6. The third-order valence-corrected chi connectivity index (χ3v) is 2.91. The van der Waals surface area contributed by atoms with Gasteiger partial charge in [-0.05, 0) is 6.07 Å². The van der Waals surface area contributed by atoms with Crippen molar-refractivity contribution in [3.8, 4) is 0 Å². The van der Waals surface area contributed by atoms with Crippen LogP contribution in [0.1, 0.15) is 11.5 Å². The Balaban J connectivity index is 1.95. The van der Waals surface area contributed by atoms with Crippen LogP contribution in [0.2, 0.25) is 5.02 Å². The van der Waals surface area contributed by atoms with Gasteiger partial charge >= 0.3 is 18.2 Å². The van der Waals surface area contributed by atoms with Gasteiger partial charge in [0.05, 0.1) is 10.6 Å². The molecular weight excluding hydrogens is 329 g/mol. The fourth-order valence-electron chi connectivity index (χ4n) is 1.68. The normalized spacial score (nSPS) is 12.0. The third-order valence-electron chi connectivity index (χ3n) is 2.60. The molecule has 0 aliphatic carbocycles. The number of nitrogens with one attached hydrogen (secondary N) is 1. The summed E-state index contributed by atoms with van der Waals surface area (Å²) in [6.45, 7) is -0.452. The number of oxazole rings is 1. The first-order valence-electron chi connectivity index (χ1n) is 5.74. The molecule has 0 saturated heterocycles. The maximum absolute atomic E-state index is 12.8. The Kier molecular flexibility index (Phi) is 3.41. The summed E-state index contributed by atoms with van der Waals surface area (Å²) in [7, 11) is 0. The SMILES string of the molecule is OCc1nnc(Nc2nc3cc(C(F)(F)F)c(Cl)cc3o2)o1. The van der Waals surface area contributed by atoms with Gasteiger partial charge in [0.1, 0.15) is 12.1 Å². The van der Waals surface area contributed by atoms with Gasteiger partial charge in [0, 0.05) is 6.07 Å². The van der Waals surface area contributed by atoms with E-state index in [1.54, 1.807) is 0 Å². The zero-order chi connectivity index (χ0) is 15.9. The highest BCUT2D eigenvalue weighted by molar-refractivity contribution is 6.32. The molecule has 2 aromatic heterocycles. The van der Waals surface area contributed by atoms with Gasteiger partial charge in [-0.2, -0.15) is 18.2 Å². The summed E-state index contributed by atoms with van der Waals surface area (Å²) >= 11 is 5.58. The van der Waals surface area contributed by atoms with Crippen molar-refractivity contribution in [2.24, 2.45) is 0 Å². The summed E-state index contributed by atoms with van der Waals surface area (Å²) in [5.74, 6) is -0.0407. The number of aliphatic hydroxyl groups excluding tert-OH is 1. The van der Waals surface area contributed by atoms with Crippen molar-refractivity contribution in [3.63, 3.8) is 0 Å². The molecule has 7 nitrogen and oxygen atoms in total. The van der Waals surface area contributed by atoms with Crippen LogP contribution in [-0.4, -0.2) is 20.3 Å². The van der Waals surface area contributed by atoms with Gasteiger partial charge in [0.2, 0.25) is 5.89 Å². The lowest BCUT2D eigenvalue weighted by Crippen LogP contribution is -2.05. The molecule has 0 fully saturated rings. The van der Waals surface area contributed by atoms with Crippen molar-refractivity contribution in [1.29, 1.82) is 0 Å². The van der Waals surface area contributed by atoms with Crippen LogP contribution in [0.3, 0.4) is 0 Å². The van der Waals surface area contributed by atoms with E-state index in [0.717, 1.165) is 12.1 Å². The molecule has 11 heteroatoms. The second-order valence-corrected chi connectivity index (χ2v) is 4.51. The van der Waals surface area contributed by atoms with Crippen LogP contribution in [0.15, 0.2) is 21.0 Å². The second kappa shape index (κ2) is 5.14. The van der Waals surface area contributed by atoms with E-state index in [-0.39, 0.29) is 29.0 Å². The first-order valence-corrected chi connectivity index (χ1v) is 6.12. The molecule has 0 atom stereocenters. The molecule has 3 rings (SSSR count). The Morgan fingerprint density at radius 3 is 2.59 bits per heavy atom. The standard InChI is InChI=1S/C11H6ClF3N4O3/c12-5-2-7-6(1-4(5)11(13,14)15)16-9(21-7)17-10-19-18-8(3-20)22-10/h1-2,20H,3H2,(H,16,17,19). The Morgan fingerprint density at radius 1 is 1.18 bits per heavy atom. The first-order chi connectivity index (χ1) is 10.4. The predicted octanol–water partition coefficient (Wildman–Crippen LogP) is 3.12. The molecule has 116 valence electrons. The van der Waals surface area contributed by atoms with Crippen LogP contribution in [0.4, 0.5) is 25.2 Å². The minimum absolute atomic E-state index is 0.0406. The molecule has 0 radical (unpaired) electrons. The molecule has 3 aromatic rings. The molecular formula is C11H6ClF3N4O3. The topological polar surface area (TPSA) is 97.2 Å². The largest absolute Gasteiger partial charge is 0.423 e. The Labute approximate surface area is 124 Å². The molecule has 2 N–H and O–H groups in total. The van der Waals surface area contributed by atoms with Crippen LogP contribution in [0.5, 0.6) is 0 Å². The second-order valence-electron chi connectivity index (χ2n) is 4.10. The van der Waals surface area contributed by atoms with E-state index in [9.17, 15) is 13.2 Å². The Morgan fingerprint density at radius 2 is 1.95 bits per heavy atom. The number of halogens is 4. The number of hydrogen-bond donors (Lipinski definition) is 2. The average molecular weight is 335 g/mol. The van der Waals surface area contributed by atoms with Crippen LogP contribution < -0.4 is 5.32 Å². The van der Waals surface area contributed by atoms with Crippen molar-refractivity contribution in [1.82, 2.24) is 15.2 Å². The number of benzene rings is 1. The molecule has 0 bridgehead atoms. The number of aromatic nitrogens is 3. The molecule has 2 heterocycles. The lowest BCUT2D eigenvalue weighted by Gasteiger charge is -2.07. The lowest BCUT2D eigenvalue weighted by molar-refractivity contribution is -0.137. The Hall–Kier alpha value is -2.33. The zero-order valence-corrected chi connectivity index (χ0v) is 11.2. The van der Waals surface area contributed by atoms with E-state index in [2.05, 4.69) is 20.5 Å². The highest BCUT2D eigenvalue weighted by atomic mass is 35.5. The molecule has 22 heavy (non-hydrogen) atoms. The Bertz CT molecular complexity index is 830. The number of fused-ring (bicyclic) bond motifs is 1. The van der Waals surface area contributed by atoms with E-state index in [1.807, 2.05) is 0 Å². The van der Waals surface area contributed by atoms with Gasteiger partial charge in [-0.3, -0.25) is 5.32 Å². The van der Waals surface area contributed by atoms with Crippen LogP contribution in [0, 0.1) is 0 Å². The maximum atomic E-state index is 12.8. The minimum atomic E-state index is -4.60. The summed E-state index contributed by atoms with van der Waals surface area (Å²) in [6.07, 6.45) is -4.60. The van der Waals surface area contributed by atoms with Crippen molar-refractivity contribution < 1.29 is 27.1 Å². The molecule has 0 amide bonds. The zero-order valence-electron chi connectivity index (χ0n) is 10.5. The van der Waals surface area contributed by atoms with Gasteiger partial charge in [0.15, 0.2) is 5.58 Å². The third kappa shape index (κ3) is 2.70. The van der Waals surface area contributed by atoms with Crippen LogP contribution in [0.25, 0.3) is 11.1 Å². The quantitative estimate of drug-likeness (QED) is 0.759. The summed E-state index contributed by atoms with van der Waals surface area (Å²) in [6, 6.07) is 1.51. The lowest BCUT2D eigenvalue weighted by atomic mass is 10.2. The van der Waals surface area contributed by atoms with Crippen molar-refractivity contribution in [3.05, 3.63) is 28.6 Å². The van der Waals surface area contributed by atoms with Crippen molar-refractivity contribution in [2.45, 2.75) is 12.8 Å². The summed E-state index contributed by atoms with van der Waals surface area (Å²) in [5.41, 5.74) is -0.995. The van der Waals surface area contributed by atoms with Crippen molar-refractivity contribution >= 4 is 34.7 Å². The van der Waals surface area contributed by atoms with Crippen LogP contribution in [-0.2, 0) is 12.8 Å². The monoisotopic (exact) mass is 334 g/mol. The number of alkyl halides is 3. The maximum Gasteiger partial charge on any atom is 0.417 e. The number of hydrogen-bond acceptors (Lipinski definition) is 7. The van der Waals surface area contributed by atoms with E-state index in [4.69, 9.17) is 25.5 Å². The van der Waals surface area contributed by atoms with E-state index < -0.39 is 23.4 Å². The smallest absolute Gasteiger partial charge is 0.417 e.